The number of nitrogens with one attached hydrogen (secondary N) is 1. The highest BCUT2D eigenvalue weighted by molar-refractivity contribution is 6.31. The van der Waals surface area contributed by atoms with Gasteiger partial charge in [-0.2, -0.15) is 0 Å². The fourth-order valence-electron chi connectivity index (χ4n) is 3.60. The second kappa shape index (κ2) is 7.12. The topological polar surface area (TPSA) is 45.2 Å². The molecule has 0 bridgehead atoms. The predicted octanol–water partition coefficient (Wildman–Crippen LogP) is 4.73. The Hall–Kier alpha value is -1.94. The van der Waals surface area contributed by atoms with E-state index in [4.69, 9.17) is 16.6 Å². The summed E-state index contributed by atoms with van der Waals surface area (Å²) in [5, 5.41) is 16.1. The predicted molar refractivity (Wildman–Crippen MR) is 103 cm³/mol. The molecule has 2 N–H and O–H groups in total. The number of piperidine rings is 1. The Morgan fingerprint density at radius 1 is 1.08 bits per heavy atom. The van der Waals surface area contributed by atoms with Gasteiger partial charge in [-0.1, -0.05) is 54.4 Å². The maximum atomic E-state index is 11.1. The van der Waals surface area contributed by atoms with Crippen LogP contribution in [0.1, 0.15) is 30.9 Å². The number of aromatic nitrogens is 1. The van der Waals surface area contributed by atoms with E-state index in [2.05, 4.69) is 5.32 Å². The van der Waals surface area contributed by atoms with E-state index in [0.29, 0.717) is 5.02 Å². The van der Waals surface area contributed by atoms with Gasteiger partial charge < -0.3 is 10.4 Å². The van der Waals surface area contributed by atoms with Crippen molar-refractivity contribution in [2.75, 3.05) is 6.54 Å². The van der Waals surface area contributed by atoms with Crippen molar-refractivity contribution in [2.45, 2.75) is 31.4 Å². The summed E-state index contributed by atoms with van der Waals surface area (Å²) in [6.45, 7) is 0.960. The first-order valence-corrected chi connectivity index (χ1v) is 9.17. The fraction of sp³-hybridized carbons (Fsp3) is 0.286. The van der Waals surface area contributed by atoms with Crippen LogP contribution in [0.4, 0.5) is 0 Å². The molecule has 0 unspecified atom stereocenters. The molecule has 2 aromatic carbocycles. The summed E-state index contributed by atoms with van der Waals surface area (Å²) in [6.07, 6.45) is 2.74. The normalized spacial score (nSPS) is 19.0. The Balaban J connectivity index is 1.85. The highest BCUT2D eigenvalue weighted by Gasteiger charge is 2.25. The largest absolute Gasteiger partial charge is 0.387 e. The van der Waals surface area contributed by atoms with Crippen molar-refractivity contribution in [2.24, 2.45) is 0 Å². The minimum absolute atomic E-state index is 0.0821. The number of aliphatic hydroxyl groups is 1. The molecule has 1 fully saturated rings. The second-order valence-electron chi connectivity index (χ2n) is 6.63. The summed E-state index contributed by atoms with van der Waals surface area (Å²) in [5.74, 6) is 0. The molecule has 0 saturated carbocycles. The average Bonchev–Trinajstić information content (AvgIpc) is 2.67. The third-order valence-electron chi connectivity index (χ3n) is 4.92. The molecule has 25 heavy (non-hydrogen) atoms. The highest BCUT2D eigenvalue weighted by Crippen LogP contribution is 2.33. The van der Waals surface area contributed by atoms with Gasteiger partial charge >= 0.3 is 0 Å². The first kappa shape index (κ1) is 16.5. The molecule has 3 aromatic rings. The minimum atomic E-state index is -0.561. The molecular weight excluding hydrogens is 332 g/mol. The molecule has 0 aliphatic carbocycles. The Morgan fingerprint density at radius 3 is 2.68 bits per heavy atom. The summed E-state index contributed by atoms with van der Waals surface area (Å²) in [4.78, 5) is 4.78. The fourth-order valence-corrected chi connectivity index (χ4v) is 3.76. The molecular formula is C21H21ClN2O. The zero-order valence-electron chi connectivity index (χ0n) is 14.0. The third-order valence-corrected chi connectivity index (χ3v) is 5.16. The number of rotatable bonds is 3. The average molecular weight is 353 g/mol. The van der Waals surface area contributed by atoms with Gasteiger partial charge in [-0.05, 0) is 43.1 Å². The van der Waals surface area contributed by atoms with E-state index in [0.717, 1.165) is 47.1 Å². The van der Waals surface area contributed by atoms with Gasteiger partial charge in [0.2, 0.25) is 0 Å². The summed E-state index contributed by atoms with van der Waals surface area (Å²) in [6, 6.07) is 17.8. The molecule has 128 valence electrons. The van der Waals surface area contributed by atoms with Crippen LogP contribution in [0.15, 0.2) is 54.6 Å². The number of benzene rings is 2. The zero-order chi connectivity index (χ0) is 17.2. The number of pyridine rings is 1. The lowest BCUT2D eigenvalue weighted by Crippen LogP contribution is -2.38. The van der Waals surface area contributed by atoms with Gasteiger partial charge in [0.1, 0.15) is 0 Å². The quantitative estimate of drug-likeness (QED) is 0.716. The van der Waals surface area contributed by atoms with Crippen LogP contribution in [0.25, 0.3) is 22.2 Å². The maximum absolute atomic E-state index is 11.1. The van der Waals surface area contributed by atoms with Crippen molar-refractivity contribution < 1.29 is 5.11 Å². The SMILES string of the molecule is O[C@@H](c1cc(-c2ccccc2)nc2cc(Cl)ccc12)[C@H]1CCCCN1. The summed E-state index contributed by atoms with van der Waals surface area (Å²) in [7, 11) is 0. The summed E-state index contributed by atoms with van der Waals surface area (Å²) in [5.41, 5.74) is 3.63. The molecule has 0 spiro atoms. The molecule has 0 radical (unpaired) electrons. The number of halogens is 1. The van der Waals surface area contributed by atoms with Crippen LogP contribution >= 0.6 is 11.6 Å². The first-order chi connectivity index (χ1) is 12.2. The number of hydrogen-bond donors (Lipinski definition) is 2. The lowest BCUT2D eigenvalue weighted by molar-refractivity contribution is 0.115. The third kappa shape index (κ3) is 3.40. The Morgan fingerprint density at radius 2 is 1.92 bits per heavy atom. The molecule has 1 aliphatic heterocycles. The van der Waals surface area contributed by atoms with Crippen LogP contribution in [0.5, 0.6) is 0 Å². The molecule has 4 heteroatoms. The number of aliphatic hydroxyl groups excluding tert-OH is 1. The van der Waals surface area contributed by atoms with Crippen LogP contribution in [-0.4, -0.2) is 22.7 Å². The Kier molecular flexibility index (Phi) is 4.71. The summed E-state index contributed by atoms with van der Waals surface area (Å²) < 4.78 is 0. The van der Waals surface area contributed by atoms with Crippen LogP contribution < -0.4 is 5.32 Å². The van der Waals surface area contributed by atoms with E-state index in [1.165, 1.54) is 6.42 Å². The number of nitrogens with zero attached hydrogens (tertiary/aromatic N) is 1. The van der Waals surface area contributed by atoms with Gasteiger partial charge in [0.05, 0.1) is 17.3 Å². The first-order valence-electron chi connectivity index (χ1n) is 8.79. The molecule has 4 rings (SSSR count). The van der Waals surface area contributed by atoms with Crippen LogP contribution in [0.3, 0.4) is 0 Å². The Labute approximate surface area is 152 Å². The molecule has 1 aromatic heterocycles. The van der Waals surface area contributed by atoms with Crippen molar-refractivity contribution in [3.63, 3.8) is 0 Å². The van der Waals surface area contributed by atoms with Crippen molar-refractivity contribution >= 4 is 22.5 Å². The van der Waals surface area contributed by atoms with Crippen molar-refractivity contribution in [3.8, 4) is 11.3 Å². The van der Waals surface area contributed by atoms with Gasteiger partial charge in [-0.3, -0.25) is 0 Å². The van der Waals surface area contributed by atoms with E-state index < -0.39 is 6.10 Å². The van der Waals surface area contributed by atoms with Gasteiger partial charge in [-0.15, -0.1) is 0 Å². The van der Waals surface area contributed by atoms with Crippen molar-refractivity contribution in [1.29, 1.82) is 0 Å². The van der Waals surface area contributed by atoms with E-state index in [1.54, 1.807) is 0 Å². The number of fused-ring (bicyclic) bond motifs is 1. The Bertz CT molecular complexity index is 876. The minimum Gasteiger partial charge on any atom is -0.387 e. The molecule has 0 amide bonds. The summed E-state index contributed by atoms with van der Waals surface area (Å²) >= 11 is 6.18. The van der Waals surface area contributed by atoms with Crippen LogP contribution in [0.2, 0.25) is 5.02 Å². The second-order valence-corrected chi connectivity index (χ2v) is 7.06. The van der Waals surface area contributed by atoms with E-state index in [1.807, 2.05) is 54.6 Å². The standard InChI is InChI=1S/C21H21ClN2O/c22-15-9-10-16-17(21(25)18-8-4-5-11-23-18)13-19(24-20(16)12-15)14-6-2-1-3-7-14/h1-3,6-7,9-10,12-13,18,21,23,25H,4-5,8,11H2/t18-,21+/m1/s1. The van der Waals surface area contributed by atoms with E-state index >= 15 is 0 Å². The van der Waals surface area contributed by atoms with Gasteiger partial charge in [-0.25, -0.2) is 4.98 Å². The van der Waals surface area contributed by atoms with Crippen molar-refractivity contribution in [1.82, 2.24) is 10.3 Å². The smallest absolute Gasteiger partial charge is 0.0950 e. The van der Waals surface area contributed by atoms with Gasteiger partial charge in [0.25, 0.3) is 0 Å². The maximum Gasteiger partial charge on any atom is 0.0950 e. The monoisotopic (exact) mass is 352 g/mol. The van der Waals surface area contributed by atoms with Crippen molar-refractivity contribution in [3.05, 3.63) is 65.2 Å². The molecule has 1 saturated heterocycles. The molecule has 2 atom stereocenters. The lowest BCUT2D eigenvalue weighted by atomic mass is 9.92. The molecule has 3 nitrogen and oxygen atoms in total. The lowest BCUT2D eigenvalue weighted by Gasteiger charge is -2.29. The van der Waals surface area contributed by atoms with Crippen LogP contribution in [-0.2, 0) is 0 Å². The van der Waals surface area contributed by atoms with Gasteiger partial charge in [0.15, 0.2) is 0 Å². The van der Waals surface area contributed by atoms with E-state index in [-0.39, 0.29) is 6.04 Å². The molecule has 1 aliphatic rings. The molecule has 2 heterocycles. The van der Waals surface area contributed by atoms with Crippen LogP contribution in [0, 0.1) is 0 Å². The number of hydrogen-bond acceptors (Lipinski definition) is 3. The highest BCUT2D eigenvalue weighted by atomic mass is 35.5. The van der Waals surface area contributed by atoms with Gasteiger partial charge in [0, 0.05) is 22.0 Å². The zero-order valence-corrected chi connectivity index (χ0v) is 14.7. The van der Waals surface area contributed by atoms with E-state index in [9.17, 15) is 5.11 Å².